The van der Waals surface area contributed by atoms with Gasteiger partial charge in [-0.25, -0.2) is 9.97 Å². The molecule has 0 aliphatic heterocycles. The fraction of sp³-hybridized carbons (Fsp3) is 0.733. The Balaban J connectivity index is 2.35. The van der Waals surface area contributed by atoms with E-state index in [4.69, 9.17) is 4.74 Å². The van der Waals surface area contributed by atoms with Crippen LogP contribution in [0.5, 0.6) is 0 Å². The second kappa shape index (κ2) is 5.97. The summed E-state index contributed by atoms with van der Waals surface area (Å²) in [6, 6.07) is 0. The van der Waals surface area contributed by atoms with Gasteiger partial charge in [-0.2, -0.15) is 0 Å². The first-order valence-electron chi connectivity index (χ1n) is 7.16. The predicted octanol–water partition coefficient (Wildman–Crippen LogP) is 3.03. The molecule has 0 amide bonds. The lowest BCUT2D eigenvalue weighted by Gasteiger charge is -2.30. The molecule has 1 atom stereocenters. The van der Waals surface area contributed by atoms with Gasteiger partial charge in [0.25, 0.3) is 0 Å². The Kier molecular flexibility index (Phi) is 4.53. The number of hydrogen-bond acceptors (Lipinski definition) is 4. The van der Waals surface area contributed by atoms with E-state index < -0.39 is 6.10 Å². The number of rotatable bonds is 3. The number of ether oxygens (including phenoxy) is 1. The lowest BCUT2D eigenvalue weighted by molar-refractivity contribution is -0.0354. The van der Waals surface area contributed by atoms with Crippen molar-refractivity contribution in [2.45, 2.75) is 64.1 Å². The second-order valence-corrected chi connectivity index (χ2v) is 5.52. The van der Waals surface area contributed by atoms with Crippen LogP contribution in [0.3, 0.4) is 0 Å². The van der Waals surface area contributed by atoms with Crippen molar-refractivity contribution in [1.82, 2.24) is 9.97 Å². The third kappa shape index (κ3) is 2.95. The van der Waals surface area contributed by atoms with Crippen molar-refractivity contribution in [2.75, 3.05) is 7.11 Å². The van der Waals surface area contributed by atoms with E-state index >= 15 is 0 Å². The maximum atomic E-state index is 9.66. The van der Waals surface area contributed by atoms with Gasteiger partial charge in [0.05, 0.1) is 6.10 Å². The monoisotopic (exact) mass is 264 g/mol. The molecule has 1 heterocycles. The summed E-state index contributed by atoms with van der Waals surface area (Å²) in [6.45, 7) is 3.66. The minimum Gasteiger partial charge on any atom is -0.389 e. The summed E-state index contributed by atoms with van der Waals surface area (Å²) in [5, 5.41) is 9.66. The van der Waals surface area contributed by atoms with Crippen LogP contribution in [0.1, 0.15) is 68.6 Å². The van der Waals surface area contributed by atoms with Crippen molar-refractivity contribution in [3.05, 3.63) is 23.3 Å². The van der Waals surface area contributed by atoms with Crippen LogP contribution in [0.25, 0.3) is 0 Å². The van der Waals surface area contributed by atoms with Gasteiger partial charge in [-0.05, 0) is 26.7 Å². The zero-order valence-electron chi connectivity index (χ0n) is 12.1. The van der Waals surface area contributed by atoms with Crippen LogP contribution in [0.4, 0.5) is 0 Å². The summed E-state index contributed by atoms with van der Waals surface area (Å²) in [6.07, 6.45) is 8.03. The van der Waals surface area contributed by atoms with E-state index in [1.54, 1.807) is 20.2 Å². The van der Waals surface area contributed by atoms with Crippen molar-refractivity contribution in [3.8, 4) is 0 Å². The van der Waals surface area contributed by atoms with E-state index in [2.05, 4.69) is 9.97 Å². The van der Waals surface area contributed by atoms with Gasteiger partial charge in [0.1, 0.15) is 5.60 Å². The maximum Gasteiger partial charge on any atom is 0.160 e. The lowest BCUT2D eigenvalue weighted by atomic mass is 9.92. The Morgan fingerprint density at radius 3 is 2.37 bits per heavy atom. The van der Waals surface area contributed by atoms with E-state index in [1.165, 1.54) is 12.8 Å². The highest BCUT2D eigenvalue weighted by atomic mass is 16.5. The zero-order chi connectivity index (χ0) is 13.9. The molecule has 1 N–H and O–H groups in total. The molecule has 4 nitrogen and oxygen atoms in total. The summed E-state index contributed by atoms with van der Waals surface area (Å²) in [5.41, 5.74) is 1.31. The van der Waals surface area contributed by atoms with Crippen molar-refractivity contribution < 1.29 is 9.84 Å². The van der Waals surface area contributed by atoms with Crippen LogP contribution in [0, 0.1) is 6.92 Å². The third-order valence-electron chi connectivity index (χ3n) is 4.18. The van der Waals surface area contributed by atoms with Crippen LogP contribution in [-0.2, 0) is 10.3 Å². The van der Waals surface area contributed by atoms with Crippen LogP contribution >= 0.6 is 0 Å². The Morgan fingerprint density at radius 1 is 1.26 bits per heavy atom. The summed E-state index contributed by atoms with van der Waals surface area (Å²) >= 11 is 0. The Morgan fingerprint density at radius 2 is 1.89 bits per heavy atom. The summed E-state index contributed by atoms with van der Waals surface area (Å²) in [4.78, 5) is 9.08. The third-order valence-corrected chi connectivity index (χ3v) is 4.18. The van der Waals surface area contributed by atoms with Crippen molar-refractivity contribution >= 4 is 0 Å². The molecule has 0 aromatic carbocycles. The molecule has 2 rings (SSSR count). The number of aryl methyl sites for hydroxylation is 1. The first kappa shape index (κ1) is 14.4. The molecule has 0 bridgehead atoms. The molecule has 1 saturated carbocycles. The first-order chi connectivity index (χ1) is 9.09. The molecular weight excluding hydrogens is 240 g/mol. The van der Waals surface area contributed by atoms with Gasteiger partial charge in [0, 0.05) is 24.6 Å². The molecule has 1 aliphatic rings. The molecule has 4 heteroatoms. The molecule has 19 heavy (non-hydrogen) atoms. The SMILES string of the molecule is COC1(c2ncc(C(C)O)c(C)n2)CCCCCC1. The van der Waals surface area contributed by atoms with E-state index in [0.717, 1.165) is 42.8 Å². The molecule has 1 unspecified atom stereocenters. The van der Waals surface area contributed by atoms with Gasteiger partial charge in [-0.15, -0.1) is 0 Å². The van der Waals surface area contributed by atoms with Gasteiger partial charge in [0.15, 0.2) is 5.82 Å². The van der Waals surface area contributed by atoms with E-state index in [9.17, 15) is 5.11 Å². The highest BCUT2D eigenvalue weighted by Crippen LogP contribution is 2.37. The highest BCUT2D eigenvalue weighted by molar-refractivity contribution is 5.20. The summed E-state index contributed by atoms with van der Waals surface area (Å²) in [5.74, 6) is 0.777. The van der Waals surface area contributed by atoms with Gasteiger partial charge >= 0.3 is 0 Å². The van der Waals surface area contributed by atoms with Gasteiger partial charge in [-0.3, -0.25) is 0 Å². The van der Waals surface area contributed by atoms with Crippen LogP contribution in [0.15, 0.2) is 6.20 Å². The molecular formula is C15H24N2O2. The Labute approximate surface area is 115 Å². The molecule has 0 radical (unpaired) electrons. The highest BCUT2D eigenvalue weighted by Gasteiger charge is 2.36. The molecule has 1 fully saturated rings. The number of hydrogen-bond donors (Lipinski definition) is 1. The van der Waals surface area contributed by atoms with Crippen molar-refractivity contribution in [3.63, 3.8) is 0 Å². The molecule has 1 aromatic rings. The van der Waals surface area contributed by atoms with E-state index in [0.29, 0.717) is 0 Å². The van der Waals surface area contributed by atoms with Gasteiger partial charge in [0.2, 0.25) is 0 Å². The summed E-state index contributed by atoms with van der Waals surface area (Å²) < 4.78 is 5.81. The zero-order valence-corrected chi connectivity index (χ0v) is 12.1. The number of aliphatic hydroxyl groups is 1. The maximum absolute atomic E-state index is 9.66. The fourth-order valence-electron chi connectivity index (χ4n) is 2.92. The Bertz CT molecular complexity index is 424. The van der Waals surface area contributed by atoms with Crippen LogP contribution in [0.2, 0.25) is 0 Å². The molecule has 1 aliphatic carbocycles. The quantitative estimate of drug-likeness (QED) is 0.853. The lowest BCUT2D eigenvalue weighted by Crippen LogP contribution is -2.31. The fourth-order valence-corrected chi connectivity index (χ4v) is 2.92. The minimum atomic E-state index is -0.526. The average molecular weight is 264 g/mol. The second-order valence-electron chi connectivity index (χ2n) is 5.52. The van der Waals surface area contributed by atoms with Crippen LogP contribution < -0.4 is 0 Å². The van der Waals surface area contributed by atoms with Gasteiger partial charge in [-0.1, -0.05) is 25.7 Å². The topological polar surface area (TPSA) is 55.2 Å². The first-order valence-corrected chi connectivity index (χ1v) is 7.16. The molecule has 0 spiro atoms. The predicted molar refractivity (Wildman–Crippen MR) is 73.8 cm³/mol. The normalized spacial score (nSPS) is 20.8. The molecule has 106 valence electrons. The molecule has 1 aromatic heterocycles. The smallest absolute Gasteiger partial charge is 0.160 e. The van der Waals surface area contributed by atoms with E-state index in [1.807, 2.05) is 6.92 Å². The number of aromatic nitrogens is 2. The largest absolute Gasteiger partial charge is 0.389 e. The summed E-state index contributed by atoms with van der Waals surface area (Å²) in [7, 11) is 1.76. The van der Waals surface area contributed by atoms with Crippen molar-refractivity contribution in [1.29, 1.82) is 0 Å². The molecule has 0 saturated heterocycles. The van der Waals surface area contributed by atoms with Crippen molar-refractivity contribution in [2.24, 2.45) is 0 Å². The van der Waals surface area contributed by atoms with E-state index in [-0.39, 0.29) is 5.60 Å². The number of nitrogens with zero attached hydrogens (tertiary/aromatic N) is 2. The average Bonchev–Trinajstić information content (AvgIpc) is 2.64. The van der Waals surface area contributed by atoms with Gasteiger partial charge < -0.3 is 9.84 Å². The number of methoxy groups -OCH3 is 1. The Hall–Kier alpha value is -1.00. The minimum absolute atomic E-state index is 0.335. The number of aliphatic hydroxyl groups excluding tert-OH is 1. The van der Waals surface area contributed by atoms with Crippen LogP contribution in [-0.4, -0.2) is 22.2 Å². The standard InChI is InChI=1S/C15H24N2O2/c1-11-13(12(2)18)10-16-14(17-11)15(19-3)8-6-4-5-7-9-15/h10,12,18H,4-9H2,1-3H3.